The molecule has 4 rings (SSSR count). The monoisotopic (exact) mass is 467 g/mol. The Balaban J connectivity index is 1.71. The number of aryl methyl sites for hydroxylation is 1. The van der Waals surface area contributed by atoms with Crippen molar-refractivity contribution in [2.45, 2.75) is 33.1 Å². The highest BCUT2D eigenvalue weighted by molar-refractivity contribution is 6.33. The van der Waals surface area contributed by atoms with Gasteiger partial charge in [0, 0.05) is 18.7 Å². The Hall–Kier alpha value is -3.32. The molecule has 8 heteroatoms. The molecule has 1 amide bonds. The highest BCUT2D eigenvalue weighted by Crippen LogP contribution is 2.34. The standard InChI is InChI=1S/C25H26ClN3O4/c1-3-32-25(31)17-11-12-21(29-13-7-4-8-14-29)20(15-17)27-24(30)22-16(2)33-28-23(22)18-9-5-6-10-19(18)26/h5-6,9-12,15H,3-4,7-8,13-14H2,1-2H3,(H,27,30). The first kappa shape index (κ1) is 22.9. The lowest BCUT2D eigenvalue weighted by molar-refractivity contribution is 0.0526. The molecule has 1 fully saturated rings. The number of piperidine rings is 1. The minimum absolute atomic E-state index is 0.273. The Bertz CT molecular complexity index is 1170. The third-order valence-corrected chi connectivity index (χ3v) is 6.00. The Morgan fingerprint density at radius 3 is 2.64 bits per heavy atom. The summed E-state index contributed by atoms with van der Waals surface area (Å²) in [6.07, 6.45) is 3.34. The molecule has 0 aliphatic carbocycles. The minimum atomic E-state index is -0.434. The molecule has 0 spiro atoms. The van der Waals surface area contributed by atoms with E-state index in [1.165, 1.54) is 6.42 Å². The van der Waals surface area contributed by atoms with Crippen molar-refractivity contribution in [1.29, 1.82) is 0 Å². The van der Waals surface area contributed by atoms with Gasteiger partial charge in [-0.15, -0.1) is 0 Å². The van der Waals surface area contributed by atoms with Crippen LogP contribution in [-0.4, -0.2) is 36.7 Å². The van der Waals surface area contributed by atoms with Gasteiger partial charge in [-0.2, -0.15) is 0 Å². The second-order valence-electron chi connectivity index (χ2n) is 7.90. The molecule has 172 valence electrons. The summed E-state index contributed by atoms with van der Waals surface area (Å²) >= 11 is 6.35. The molecular weight excluding hydrogens is 442 g/mol. The van der Waals surface area contributed by atoms with Gasteiger partial charge in [-0.1, -0.05) is 35.0 Å². The van der Waals surface area contributed by atoms with Gasteiger partial charge >= 0.3 is 5.97 Å². The van der Waals surface area contributed by atoms with Crippen LogP contribution in [0, 0.1) is 6.92 Å². The van der Waals surface area contributed by atoms with E-state index >= 15 is 0 Å². The second kappa shape index (κ2) is 10.1. The Morgan fingerprint density at radius 1 is 1.15 bits per heavy atom. The lowest BCUT2D eigenvalue weighted by Crippen LogP contribution is -2.30. The van der Waals surface area contributed by atoms with E-state index in [1.807, 2.05) is 18.2 Å². The molecule has 0 unspecified atom stereocenters. The summed E-state index contributed by atoms with van der Waals surface area (Å²) in [5, 5.41) is 7.54. The summed E-state index contributed by atoms with van der Waals surface area (Å²) in [5.41, 5.74) is 3.06. The lowest BCUT2D eigenvalue weighted by atomic mass is 10.0. The first-order valence-electron chi connectivity index (χ1n) is 11.1. The van der Waals surface area contributed by atoms with E-state index < -0.39 is 5.97 Å². The van der Waals surface area contributed by atoms with Gasteiger partial charge in [0.2, 0.25) is 0 Å². The van der Waals surface area contributed by atoms with Gasteiger partial charge in [-0.3, -0.25) is 4.79 Å². The third kappa shape index (κ3) is 4.88. The van der Waals surface area contributed by atoms with Crippen molar-refractivity contribution in [3.63, 3.8) is 0 Å². The first-order valence-corrected chi connectivity index (χ1v) is 11.5. The summed E-state index contributed by atoms with van der Waals surface area (Å²) in [5.74, 6) is -0.442. The van der Waals surface area contributed by atoms with Crippen molar-refractivity contribution in [3.05, 3.63) is 64.4 Å². The van der Waals surface area contributed by atoms with Crippen LogP contribution >= 0.6 is 11.6 Å². The number of esters is 1. The quantitative estimate of drug-likeness (QED) is 0.466. The van der Waals surface area contributed by atoms with Crippen LogP contribution in [0.2, 0.25) is 5.02 Å². The van der Waals surface area contributed by atoms with Gasteiger partial charge in [-0.05, 0) is 57.4 Å². The summed E-state index contributed by atoms with van der Waals surface area (Å²) in [7, 11) is 0. The van der Waals surface area contributed by atoms with Crippen molar-refractivity contribution >= 4 is 34.9 Å². The number of aromatic nitrogens is 1. The average Bonchev–Trinajstić information content (AvgIpc) is 3.21. The largest absolute Gasteiger partial charge is 0.462 e. The van der Waals surface area contributed by atoms with Crippen molar-refractivity contribution < 1.29 is 18.8 Å². The molecule has 2 aromatic carbocycles. The molecule has 0 atom stereocenters. The molecular formula is C25H26ClN3O4. The topological polar surface area (TPSA) is 84.7 Å². The predicted molar refractivity (Wildman–Crippen MR) is 128 cm³/mol. The van der Waals surface area contributed by atoms with Gasteiger partial charge in [0.1, 0.15) is 17.0 Å². The highest BCUT2D eigenvalue weighted by atomic mass is 35.5. The molecule has 2 heterocycles. The van der Waals surface area contributed by atoms with Crippen molar-refractivity contribution in [3.8, 4) is 11.3 Å². The number of hydrogen-bond donors (Lipinski definition) is 1. The van der Waals surface area contributed by atoms with Crippen molar-refractivity contribution in [1.82, 2.24) is 5.16 Å². The van der Waals surface area contributed by atoms with E-state index in [0.717, 1.165) is 31.6 Å². The van der Waals surface area contributed by atoms with Crippen LogP contribution in [0.25, 0.3) is 11.3 Å². The molecule has 0 bridgehead atoms. The van der Waals surface area contributed by atoms with Crippen LogP contribution in [-0.2, 0) is 4.74 Å². The Morgan fingerprint density at radius 2 is 1.91 bits per heavy atom. The predicted octanol–water partition coefficient (Wildman–Crippen LogP) is 5.72. The van der Waals surface area contributed by atoms with Crippen LogP contribution < -0.4 is 10.2 Å². The van der Waals surface area contributed by atoms with Crippen LogP contribution in [0.5, 0.6) is 0 Å². The number of ether oxygens (including phenoxy) is 1. The van der Waals surface area contributed by atoms with Crippen LogP contribution in [0.15, 0.2) is 47.0 Å². The minimum Gasteiger partial charge on any atom is -0.462 e. The number of rotatable bonds is 6. The van der Waals surface area contributed by atoms with Gasteiger partial charge < -0.3 is 19.5 Å². The normalized spacial score (nSPS) is 13.6. The fourth-order valence-electron chi connectivity index (χ4n) is 4.05. The van der Waals surface area contributed by atoms with E-state index in [0.29, 0.717) is 38.9 Å². The van der Waals surface area contributed by atoms with E-state index in [1.54, 1.807) is 38.1 Å². The zero-order valence-corrected chi connectivity index (χ0v) is 19.4. The van der Waals surface area contributed by atoms with Crippen LogP contribution in [0.4, 0.5) is 11.4 Å². The average molecular weight is 468 g/mol. The molecule has 3 aromatic rings. The van der Waals surface area contributed by atoms with Crippen molar-refractivity contribution in [2.24, 2.45) is 0 Å². The molecule has 0 radical (unpaired) electrons. The molecule has 0 saturated carbocycles. The lowest BCUT2D eigenvalue weighted by Gasteiger charge is -2.30. The fraction of sp³-hybridized carbons (Fsp3) is 0.320. The van der Waals surface area contributed by atoms with Gasteiger partial charge in [0.15, 0.2) is 0 Å². The SMILES string of the molecule is CCOC(=O)c1ccc(N2CCCCC2)c(NC(=O)c2c(-c3ccccc3Cl)noc2C)c1. The Labute approximate surface area is 197 Å². The number of hydrogen-bond acceptors (Lipinski definition) is 6. The molecule has 1 N–H and O–H groups in total. The smallest absolute Gasteiger partial charge is 0.338 e. The van der Waals surface area contributed by atoms with Gasteiger partial charge in [-0.25, -0.2) is 4.79 Å². The molecule has 1 saturated heterocycles. The number of nitrogens with zero attached hydrogens (tertiary/aromatic N) is 2. The number of carbonyl (C=O) groups excluding carboxylic acids is 2. The summed E-state index contributed by atoms with van der Waals surface area (Å²) < 4.78 is 10.5. The maximum atomic E-state index is 13.5. The highest BCUT2D eigenvalue weighted by Gasteiger charge is 2.25. The molecule has 1 aliphatic heterocycles. The first-order chi connectivity index (χ1) is 16.0. The molecule has 1 aliphatic rings. The van der Waals surface area contributed by atoms with Crippen molar-refractivity contribution in [2.75, 3.05) is 29.9 Å². The maximum absolute atomic E-state index is 13.5. The van der Waals surface area contributed by atoms with E-state index in [4.69, 9.17) is 20.9 Å². The number of benzene rings is 2. The number of nitrogens with one attached hydrogen (secondary N) is 1. The molecule has 1 aromatic heterocycles. The van der Waals surface area contributed by atoms with E-state index in [9.17, 15) is 9.59 Å². The second-order valence-corrected chi connectivity index (χ2v) is 8.30. The Kier molecular flexibility index (Phi) is 6.99. The van der Waals surface area contributed by atoms with Crippen LogP contribution in [0.3, 0.4) is 0 Å². The molecule has 33 heavy (non-hydrogen) atoms. The summed E-state index contributed by atoms with van der Waals surface area (Å²) in [4.78, 5) is 28.0. The van der Waals surface area contributed by atoms with E-state index in [2.05, 4.69) is 15.4 Å². The number of halogens is 1. The molecule has 7 nitrogen and oxygen atoms in total. The summed E-state index contributed by atoms with van der Waals surface area (Å²) in [6.45, 7) is 5.49. The third-order valence-electron chi connectivity index (χ3n) is 5.67. The number of amides is 1. The zero-order chi connectivity index (χ0) is 23.4. The number of anilines is 2. The zero-order valence-electron chi connectivity index (χ0n) is 18.7. The summed E-state index contributed by atoms with van der Waals surface area (Å²) in [6, 6.07) is 12.4. The van der Waals surface area contributed by atoms with Crippen LogP contribution in [0.1, 0.15) is 52.7 Å². The van der Waals surface area contributed by atoms with Gasteiger partial charge in [0.25, 0.3) is 5.91 Å². The number of carbonyl (C=O) groups is 2. The van der Waals surface area contributed by atoms with Gasteiger partial charge in [0.05, 0.1) is 28.6 Å². The maximum Gasteiger partial charge on any atom is 0.338 e. The van der Waals surface area contributed by atoms with E-state index in [-0.39, 0.29) is 12.5 Å². The fourth-order valence-corrected chi connectivity index (χ4v) is 4.27.